The molecule has 132 valence electrons. The van der Waals surface area contributed by atoms with E-state index in [-0.39, 0.29) is 6.04 Å². The monoisotopic (exact) mass is 312 g/mol. The maximum Gasteiger partial charge on any atom is 0.0447 e. The van der Waals surface area contributed by atoms with Gasteiger partial charge in [0, 0.05) is 18.6 Å². The molecule has 2 atom stereocenters. The zero-order valence-electron chi connectivity index (χ0n) is 15.2. The lowest BCUT2D eigenvalue weighted by Gasteiger charge is -2.38. The van der Waals surface area contributed by atoms with Crippen molar-refractivity contribution in [3.05, 3.63) is 0 Å². The highest BCUT2D eigenvalue weighted by Gasteiger charge is 2.24. The molecule has 1 saturated heterocycles. The molecular weight excluding hydrogens is 272 g/mol. The third kappa shape index (κ3) is 8.50. The van der Waals surface area contributed by atoms with Gasteiger partial charge in [-0.2, -0.15) is 0 Å². The highest BCUT2D eigenvalue weighted by molar-refractivity contribution is 4.81. The van der Waals surface area contributed by atoms with E-state index < -0.39 is 0 Å². The van der Waals surface area contributed by atoms with Crippen molar-refractivity contribution in [2.24, 2.45) is 0 Å². The van der Waals surface area contributed by atoms with Crippen LogP contribution in [0.5, 0.6) is 0 Å². The fraction of sp³-hybridized carbons (Fsp3) is 1.00. The molecule has 1 aliphatic heterocycles. The summed E-state index contributed by atoms with van der Waals surface area (Å²) in [7, 11) is 0. The van der Waals surface area contributed by atoms with Crippen LogP contribution in [0.25, 0.3) is 0 Å². The molecule has 0 aromatic rings. The Bertz CT molecular complexity index is 248. The minimum atomic E-state index is 0.284. The average Bonchev–Trinajstić information content (AvgIpc) is 2.56. The molecule has 1 fully saturated rings. The van der Waals surface area contributed by atoms with Crippen molar-refractivity contribution in [2.45, 2.75) is 109 Å². The predicted molar refractivity (Wildman–Crippen MR) is 95.4 cm³/mol. The topological polar surface area (TPSA) is 35.5 Å². The molecule has 0 saturated carbocycles. The van der Waals surface area contributed by atoms with Crippen molar-refractivity contribution in [1.82, 2.24) is 10.4 Å². The molecule has 0 aromatic carbocycles. The second-order valence-corrected chi connectivity index (χ2v) is 7.17. The van der Waals surface area contributed by atoms with Crippen LogP contribution in [0.15, 0.2) is 0 Å². The second-order valence-electron chi connectivity index (χ2n) is 7.17. The van der Waals surface area contributed by atoms with Gasteiger partial charge in [-0.05, 0) is 32.2 Å². The summed E-state index contributed by atoms with van der Waals surface area (Å²) in [4.78, 5) is 2.66. The first-order valence-electron chi connectivity index (χ1n) is 9.95. The predicted octanol–water partition coefficient (Wildman–Crippen LogP) is 5.13. The van der Waals surface area contributed by atoms with Gasteiger partial charge in [-0.3, -0.25) is 4.90 Å². The van der Waals surface area contributed by atoms with Gasteiger partial charge in [0.05, 0.1) is 0 Å². The number of likely N-dealkylation sites (tertiary alicyclic amines) is 1. The van der Waals surface area contributed by atoms with Gasteiger partial charge in [0.25, 0.3) is 0 Å². The molecular formula is C19H40N2O. The zero-order valence-corrected chi connectivity index (χ0v) is 15.2. The summed E-state index contributed by atoms with van der Waals surface area (Å²) >= 11 is 0. The van der Waals surface area contributed by atoms with Gasteiger partial charge < -0.3 is 5.21 Å². The van der Waals surface area contributed by atoms with Crippen LogP contribution in [0.3, 0.4) is 0 Å². The smallest absolute Gasteiger partial charge is 0.0447 e. The molecule has 0 spiro atoms. The van der Waals surface area contributed by atoms with E-state index in [1.807, 2.05) is 0 Å². The second kappa shape index (κ2) is 13.3. The maximum atomic E-state index is 9.23. The lowest BCUT2D eigenvalue weighted by molar-refractivity contribution is 0.0525. The molecule has 0 bridgehead atoms. The number of hydrogen-bond acceptors (Lipinski definition) is 3. The normalized spacial score (nSPS) is 21.1. The van der Waals surface area contributed by atoms with Crippen LogP contribution in [-0.4, -0.2) is 35.3 Å². The highest BCUT2D eigenvalue weighted by atomic mass is 16.5. The maximum absolute atomic E-state index is 9.23. The summed E-state index contributed by atoms with van der Waals surface area (Å²) in [5, 5.41) is 9.23. The Hall–Kier alpha value is -0.120. The highest BCUT2D eigenvalue weighted by Crippen LogP contribution is 2.22. The number of hydroxylamine groups is 1. The van der Waals surface area contributed by atoms with Crippen LogP contribution >= 0.6 is 0 Å². The lowest BCUT2D eigenvalue weighted by Crippen LogP contribution is -2.48. The Morgan fingerprint density at radius 2 is 1.55 bits per heavy atom. The van der Waals surface area contributed by atoms with Gasteiger partial charge in [0.1, 0.15) is 0 Å². The molecule has 0 radical (unpaired) electrons. The molecule has 3 heteroatoms. The van der Waals surface area contributed by atoms with E-state index in [4.69, 9.17) is 0 Å². The Balaban J connectivity index is 2.34. The summed E-state index contributed by atoms with van der Waals surface area (Å²) in [5.74, 6) is 0. The molecule has 1 rings (SSSR count). The van der Waals surface area contributed by atoms with Gasteiger partial charge >= 0.3 is 0 Å². The number of rotatable bonds is 13. The first-order valence-corrected chi connectivity index (χ1v) is 9.95. The van der Waals surface area contributed by atoms with Gasteiger partial charge in [0.15, 0.2) is 0 Å². The van der Waals surface area contributed by atoms with Crippen LogP contribution in [0, 0.1) is 0 Å². The largest absolute Gasteiger partial charge is 0.316 e. The van der Waals surface area contributed by atoms with E-state index in [1.165, 1.54) is 83.6 Å². The lowest BCUT2D eigenvalue weighted by atomic mass is 9.96. The van der Waals surface area contributed by atoms with Crippen molar-refractivity contribution in [3.63, 3.8) is 0 Å². The summed E-state index contributed by atoms with van der Waals surface area (Å²) in [6.45, 7) is 6.83. The first kappa shape index (κ1) is 19.9. The molecule has 1 heterocycles. The molecule has 2 N–H and O–H groups in total. The summed E-state index contributed by atoms with van der Waals surface area (Å²) in [6, 6.07) is 1.03. The quantitative estimate of drug-likeness (QED) is 0.365. The Kier molecular flexibility index (Phi) is 12.1. The Morgan fingerprint density at radius 1 is 0.955 bits per heavy atom. The number of nitrogens with zero attached hydrogens (tertiary/aromatic N) is 1. The zero-order chi connectivity index (χ0) is 16.0. The molecule has 0 aliphatic carbocycles. The minimum Gasteiger partial charge on any atom is -0.316 e. The van der Waals surface area contributed by atoms with Crippen molar-refractivity contribution >= 4 is 0 Å². The van der Waals surface area contributed by atoms with E-state index in [0.29, 0.717) is 0 Å². The Morgan fingerprint density at radius 3 is 2.14 bits per heavy atom. The van der Waals surface area contributed by atoms with Crippen molar-refractivity contribution in [2.75, 3.05) is 13.1 Å². The van der Waals surface area contributed by atoms with Gasteiger partial charge in [0.2, 0.25) is 0 Å². The Labute approximate surface area is 138 Å². The van der Waals surface area contributed by atoms with Gasteiger partial charge in [-0.1, -0.05) is 71.6 Å². The SMILES string of the molecule is CCCCCCCC(CCCCCC)N1CCCC(NO)C1. The third-order valence-electron chi connectivity index (χ3n) is 5.18. The van der Waals surface area contributed by atoms with Crippen LogP contribution in [0.1, 0.15) is 97.3 Å². The van der Waals surface area contributed by atoms with Gasteiger partial charge in [-0.15, -0.1) is 0 Å². The number of unbranched alkanes of at least 4 members (excludes halogenated alkanes) is 7. The molecule has 0 amide bonds. The van der Waals surface area contributed by atoms with Crippen LogP contribution in [-0.2, 0) is 0 Å². The van der Waals surface area contributed by atoms with Crippen LogP contribution in [0.2, 0.25) is 0 Å². The summed E-state index contributed by atoms with van der Waals surface area (Å²) < 4.78 is 0. The molecule has 22 heavy (non-hydrogen) atoms. The van der Waals surface area contributed by atoms with E-state index in [0.717, 1.165) is 19.0 Å². The summed E-state index contributed by atoms with van der Waals surface area (Å²) in [5.41, 5.74) is 2.51. The van der Waals surface area contributed by atoms with E-state index in [9.17, 15) is 5.21 Å². The standard InChI is InChI=1S/C19H40N2O/c1-3-5-7-9-11-15-19(14-10-8-6-4-2)21-16-12-13-18(17-21)20-22/h18-20,22H,3-17H2,1-2H3. The van der Waals surface area contributed by atoms with Gasteiger partial charge in [-0.25, -0.2) is 5.48 Å². The fourth-order valence-corrected chi connectivity index (χ4v) is 3.74. The molecule has 0 aromatic heterocycles. The van der Waals surface area contributed by atoms with Crippen LogP contribution < -0.4 is 5.48 Å². The molecule has 2 unspecified atom stereocenters. The number of piperidine rings is 1. The molecule has 3 nitrogen and oxygen atoms in total. The first-order chi connectivity index (χ1) is 10.8. The van der Waals surface area contributed by atoms with Crippen LogP contribution in [0.4, 0.5) is 0 Å². The van der Waals surface area contributed by atoms with Crippen molar-refractivity contribution < 1.29 is 5.21 Å². The van der Waals surface area contributed by atoms with E-state index in [2.05, 4.69) is 24.2 Å². The van der Waals surface area contributed by atoms with E-state index >= 15 is 0 Å². The molecule has 1 aliphatic rings. The van der Waals surface area contributed by atoms with E-state index in [1.54, 1.807) is 0 Å². The van der Waals surface area contributed by atoms with Crippen molar-refractivity contribution in [3.8, 4) is 0 Å². The minimum absolute atomic E-state index is 0.284. The fourth-order valence-electron chi connectivity index (χ4n) is 3.74. The number of nitrogens with one attached hydrogen (secondary N) is 1. The third-order valence-corrected chi connectivity index (χ3v) is 5.18. The summed E-state index contributed by atoms with van der Waals surface area (Å²) in [6.07, 6.45) is 17.4. The number of hydrogen-bond donors (Lipinski definition) is 2. The average molecular weight is 313 g/mol. The van der Waals surface area contributed by atoms with Crippen molar-refractivity contribution in [1.29, 1.82) is 0 Å².